The first-order valence-corrected chi connectivity index (χ1v) is 31.2. The molecule has 50 heavy (non-hydrogen) atoms. The third-order valence-electron chi connectivity index (χ3n) is 11.4. The van der Waals surface area contributed by atoms with E-state index in [0.717, 1.165) is 12.8 Å². The third kappa shape index (κ3) is 6.26. The third-order valence-corrected chi connectivity index (χ3v) is 36.0. The Bertz CT molecular complexity index is 2050. The molecule has 0 aromatic heterocycles. The average molecular weight is 793 g/mol. The molecule has 0 saturated carbocycles. The molecule has 0 nitrogen and oxygen atoms in total. The summed E-state index contributed by atoms with van der Waals surface area (Å²) in [4.78, 5) is 0. The normalized spacial score (nSPS) is 17.0. The van der Waals surface area contributed by atoms with Crippen molar-refractivity contribution in [2.75, 3.05) is 0 Å². The van der Waals surface area contributed by atoms with Crippen LogP contribution in [0.5, 0.6) is 0 Å². The molecule has 2 aliphatic rings. The summed E-state index contributed by atoms with van der Waals surface area (Å²) < 4.78 is 2.64. The van der Waals surface area contributed by atoms with Crippen molar-refractivity contribution in [1.29, 1.82) is 0 Å². The molecule has 6 aromatic rings. The van der Waals surface area contributed by atoms with Crippen LogP contribution < -0.4 is 0 Å². The van der Waals surface area contributed by atoms with E-state index < -0.39 is 19.4 Å². The quantitative estimate of drug-likeness (QED) is 0.141. The molecule has 2 atom stereocenters. The van der Waals surface area contributed by atoms with Gasteiger partial charge in [-0.2, -0.15) is 0 Å². The van der Waals surface area contributed by atoms with Gasteiger partial charge in [0.15, 0.2) is 0 Å². The van der Waals surface area contributed by atoms with Crippen LogP contribution in [0.2, 0.25) is 4.13 Å². The molecule has 0 heterocycles. The predicted molar refractivity (Wildman–Crippen MR) is 227 cm³/mol. The van der Waals surface area contributed by atoms with Crippen molar-refractivity contribution >= 4 is 65.9 Å². The van der Waals surface area contributed by atoms with Crippen molar-refractivity contribution in [1.82, 2.24) is 0 Å². The van der Waals surface area contributed by atoms with Gasteiger partial charge in [-0.15, -0.1) is 24.8 Å². The summed E-state index contributed by atoms with van der Waals surface area (Å²) in [5, 5.41) is 5.34. The zero-order chi connectivity index (χ0) is 33.4. The number of halogens is 2. The number of hydrogen-bond donors (Lipinski definition) is 0. The van der Waals surface area contributed by atoms with Gasteiger partial charge in [0.2, 0.25) is 0 Å². The maximum absolute atomic E-state index is 2.93. The molecular formula is C46H50Cl2SiZr. The average Bonchev–Trinajstić information content (AvgIpc) is 3.74. The number of rotatable bonds is 7. The molecule has 0 N–H and O–H groups in total. The first-order chi connectivity index (χ1) is 23.6. The van der Waals surface area contributed by atoms with Crippen molar-refractivity contribution < 1.29 is 19.4 Å². The molecular weight excluding hydrogens is 743 g/mol. The van der Waals surface area contributed by atoms with E-state index in [0.29, 0.717) is 7.25 Å². The summed E-state index contributed by atoms with van der Waals surface area (Å²) in [6.45, 7) is 11.4. The van der Waals surface area contributed by atoms with Crippen LogP contribution in [0.3, 0.4) is 0 Å². The Morgan fingerprint density at radius 3 is 1.24 bits per heavy atom. The summed E-state index contributed by atoms with van der Waals surface area (Å²) in [6, 6.07) is 45.9. The van der Waals surface area contributed by atoms with Gasteiger partial charge in [-0.05, 0) is 0 Å². The number of allylic oxidation sites excluding steroid dienone is 2. The van der Waals surface area contributed by atoms with Crippen LogP contribution >= 0.6 is 24.8 Å². The first-order valence-electron chi connectivity index (χ1n) is 18.2. The van der Waals surface area contributed by atoms with E-state index in [9.17, 15) is 0 Å². The Balaban J connectivity index is 0.00000119. The van der Waals surface area contributed by atoms with E-state index in [4.69, 9.17) is 0 Å². The van der Waals surface area contributed by atoms with Crippen LogP contribution in [0.1, 0.15) is 77.0 Å². The summed E-state index contributed by atoms with van der Waals surface area (Å²) in [5.74, 6) is 0. The minimum Gasteiger partial charge on any atom is -0.147 e. The van der Waals surface area contributed by atoms with E-state index in [1.807, 2.05) is 13.8 Å². The Morgan fingerprint density at radius 1 is 0.480 bits per heavy atom. The van der Waals surface area contributed by atoms with Crippen molar-refractivity contribution in [2.45, 2.75) is 58.8 Å². The number of benzene rings is 6. The van der Waals surface area contributed by atoms with Gasteiger partial charge in [-0.25, -0.2) is 0 Å². The van der Waals surface area contributed by atoms with Crippen LogP contribution in [-0.4, -0.2) is 7.37 Å². The Morgan fingerprint density at radius 2 is 0.840 bits per heavy atom. The fourth-order valence-corrected chi connectivity index (χ4v) is 30.3. The van der Waals surface area contributed by atoms with Crippen molar-refractivity contribution in [3.05, 3.63) is 155 Å². The molecule has 0 amide bonds. The van der Waals surface area contributed by atoms with Crippen LogP contribution in [0.25, 0.3) is 56.0 Å². The van der Waals surface area contributed by atoms with Crippen molar-refractivity contribution in [2.24, 2.45) is 0 Å². The minimum atomic E-state index is -2.93. The maximum Gasteiger partial charge on any atom is -0.147 e. The molecule has 0 fully saturated rings. The van der Waals surface area contributed by atoms with Crippen LogP contribution in [0.4, 0.5) is 0 Å². The molecule has 4 heteroatoms. The van der Waals surface area contributed by atoms with Gasteiger partial charge in [0, 0.05) is 0 Å². The van der Waals surface area contributed by atoms with E-state index in [1.165, 1.54) is 66.4 Å². The summed E-state index contributed by atoms with van der Waals surface area (Å²) >= 11 is -2.93. The second-order valence-corrected chi connectivity index (χ2v) is 36.5. The monoisotopic (exact) mass is 790 g/mol. The molecule has 6 aromatic carbocycles. The fraction of sp³-hybridized carbons (Fsp3) is 0.217. The van der Waals surface area contributed by atoms with Gasteiger partial charge in [-0.3, -0.25) is 0 Å². The SMILES string of the molecule is CC.CCC1=Cc2c(-c3cccc4ccccc34)cccc2[CH]1[Zr]([SiH3])([CH2]C)[CH]1C(CC)=Cc2c(-c3cccc4ccccc34)cccc21.Cl.Cl. The largest absolute Gasteiger partial charge is 0.147 e. The van der Waals surface area contributed by atoms with Crippen LogP contribution in [-0.2, 0) is 19.4 Å². The van der Waals surface area contributed by atoms with E-state index in [2.05, 4.69) is 154 Å². The van der Waals surface area contributed by atoms with E-state index in [-0.39, 0.29) is 24.8 Å². The zero-order valence-corrected chi connectivity index (χ0v) is 36.4. The molecule has 0 spiro atoms. The molecule has 2 unspecified atom stereocenters. The molecule has 0 bridgehead atoms. The van der Waals surface area contributed by atoms with Crippen molar-refractivity contribution in [3.8, 4) is 22.3 Å². The fourth-order valence-electron chi connectivity index (χ4n) is 9.06. The summed E-state index contributed by atoms with van der Waals surface area (Å²) in [6.07, 6.45) is 7.54. The zero-order valence-electron chi connectivity index (χ0n) is 30.3. The standard InChI is InChI=1S/2C21H17.C2H6.C2H5.2ClH.H3Si.Zr/c2*1-2-15-13-17-9-6-12-20(21(17)14-15)19-11-5-8-16-7-3-4-10-18(16)19;2*1-2;;;;/h2*3-14H,2H2,1H3;1-2H3;1H2,2H3;2*1H;1H3;. The Labute approximate surface area is 318 Å². The van der Waals surface area contributed by atoms with Gasteiger partial charge in [-0.1, -0.05) is 13.8 Å². The first kappa shape index (κ1) is 38.2. The van der Waals surface area contributed by atoms with E-state index in [1.54, 1.807) is 22.3 Å². The van der Waals surface area contributed by atoms with Gasteiger partial charge in [0.05, 0.1) is 0 Å². The number of hydrogen-bond acceptors (Lipinski definition) is 0. The second-order valence-electron chi connectivity index (χ2n) is 13.5. The number of fused-ring (bicyclic) bond motifs is 4. The molecule has 8 rings (SSSR count). The van der Waals surface area contributed by atoms with Gasteiger partial charge >= 0.3 is 282 Å². The second kappa shape index (κ2) is 16.1. The summed E-state index contributed by atoms with van der Waals surface area (Å²) in [5.41, 5.74) is 15.2. The minimum absolute atomic E-state index is 0. The predicted octanol–water partition coefficient (Wildman–Crippen LogP) is 13.5. The van der Waals surface area contributed by atoms with E-state index >= 15 is 0 Å². The van der Waals surface area contributed by atoms with Gasteiger partial charge in [0.25, 0.3) is 0 Å². The Kier molecular flexibility index (Phi) is 12.3. The topological polar surface area (TPSA) is 0 Å². The van der Waals surface area contributed by atoms with Gasteiger partial charge < -0.3 is 0 Å². The van der Waals surface area contributed by atoms with Crippen LogP contribution in [0.15, 0.2) is 132 Å². The molecule has 0 saturated heterocycles. The molecule has 256 valence electrons. The smallest absolute Gasteiger partial charge is 0.147 e. The molecule has 2 aliphatic carbocycles. The summed E-state index contributed by atoms with van der Waals surface area (Å²) in [7, 11) is 1.31. The van der Waals surface area contributed by atoms with Gasteiger partial charge in [0.1, 0.15) is 0 Å². The van der Waals surface area contributed by atoms with Crippen molar-refractivity contribution in [3.63, 3.8) is 0 Å². The molecule has 0 aliphatic heterocycles. The molecule has 0 radical (unpaired) electrons. The van der Waals surface area contributed by atoms with Crippen LogP contribution in [0, 0.1) is 0 Å². The Hall–Kier alpha value is -3.00. The maximum atomic E-state index is 2.63.